The number of fused-ring (bicyclic) bond motifs is 3. The molecule has 1 aromatic carbocycles. The van der Waals surface area contributed by atoms with E-state index in [0.29, 0.717) is 6.54 Å². The van der Waals surface area contributed by atoms with E-state index in [1.54, 1.807) is 11.3 Å². The van der Waals surface area contributed by atoms with Gasteiger partial charge in [0.15, 0.2) is 0 Å². The van der Waals surface area contributed by atoms with Crippen LogP contribution in [0.3, 0.4) is 0 Å². The van der Waals surface area contributed by atoms with Crippen molar-refractivity contribution in [3.8, 4) is 5.00 Å². The molecule has 2 aromatic heterocycles. The number of hydrogen-bond donors (Lipinski definition) is 1. The van der Waals surface area contributed by atoms with E-state index in [4.69, 9.17) is 4.99 Å². The molecule has 0 spiro atoms. The number of aromatic nitrogens is 3. The van der Waals surface area contributed by atoms with Crippen molar-refractivity contribution >= 4 is 23.0 Å². The number of carbonyl (C=O) groups excluding carboxylic acids is 1. The zero-order valence-corrected chi connectivity index (χ0v) is 20.8. The van der Waals surface area contributed by atoms with Gasteiger partial charge in [0, 0.05) is 0 Å². The molecule has 1 aliphatic heterocycles. The first-order chi connectivity index (χ1) is 14.4. The van der Waals surface area contributed by atoms with Crippen LogP contribution in [0, 0.1) is 24.3 Å². The third-order valence-corrected chi connectivity index (χ3v) is 8.49. The summed E-state index contributed by atoms with van der Waals surface area (Å²) in [5.74, 6) is 1.52. The van der Waals surface area contributed by atoms with Crippen LogP contribution in [0.4, 0.5) is 0 Å². The summed E-state index contributed by atoms with van der Waals surface area (Å²) >= 11 is 1.78. The van der Waals surface area contributed by atoms with Crippen molar-refractivity contribution in [2.45, 2.75) is 40.2 Å². The van der Waals surface area contributed by atoms with Gasteiger partial charge >= 0.3 is 192 Å². The molecule has 3 aromatic rings. The second-order valence-corrected chi connectivity index (χ2v) is 10.8. The first kappa shape index (κ1) is 21.2. The molecule has 158 valence electrons. The van der Waals surface area contributed by atoms with E-state index < -0.39 is 0 Å². The van der Waals surface area contributed by atoms with Gasteiger partial charge in [0.25, 0.3) is 0 Å². The molecule has 4 rings (SSSR count). The summed E-state index contributed by atoms with van der Waals surface area (Å²) < 4.78 is 3.49. The van der Waals surface area contributed by atoms with Gasteiger partial charge in [-0.25, -0.2) is 0 Å². The normalized spacial score (nSPS) is 15.4. The molecule has 3 heterocycles. The van der Waals surface area contributed by atoms with Crippen LogP contribution in [0.15, 0.2) is 29.3 Å². The minimum atomic E-state index is -0.384. The Bertz CT molecular complexity index is 1130. The number of benzene rings is 1. The zero-order valence-electron chi connectivity index (χ0n) is 17.8. The van der Waals surface area contributed by atoms with Crippen LogP contribution in [0.2, 0.25) is 0 Å². The van der Waals surface area contributed by atoms with Gasteiger partial charge in [-0.1, -0.05) is 0 Å². The molecule has 0 bridgehead atoms. The predicted molar refractivity (Wildman–Crippen MR) is 116 cm³/mol. The Kier molecular flexibility index (Phi) is 6.06. The van der Waals surface area contributed by atoms with Crippen molar-refractivity contribution in [1.82, 2.24) is 20.1 Å². The number of nitrogens with one attached hydrogen (secondary N) is 1. The Morgan fingerprint density at radius 2 is 1.93 bits per heavy atom. The summed E-state index contributed by atoms with van der Waals surface area (Å²) in [4.78, 5) is 21.1. The quantitative estimate of drug-likeness (QED) is 0.384. The van der Waals surface area contributed by atoms with Gasteiger partial charge in [-0.15, -0.1) is 0 Å². The summed E-state index contributed by atoms with van der Waals surface area (Å²) in [7, 11) is 0. The number of carbonyl (C=O) groups is 1. The predicted octanol–water partition coefficient (Wildman–Crippen LogP) is 0.561. The summed E-state index contributed by atoms with van der Waals surface area (Å²) in [6.45, 7) is 8.77. The van der Waals surface area contributed by atoms with Crippen LogP contribution in [-0.4, -0.2) is 37.9 Å². The molecular weight excluding hydrogens is 509 g/mol. The number of nitrogens with zero attached hydrogens (tertiary/aromatic N) is 4. The number of thiophene rings is 1. The van der Waals surface area contributed by atoms with Crippen LogP contribution >= 0.6 is 11.3 Å². The molecule has 0 saturated heterocycles. The van der Waals surface area contributed by atoms with E-state index in [2.05, 4.69) is 63.1 Å². The van der Waals surface area contributed by atoms with Crippen LogP contribution in [0.25, 0.3) is 5.00 Å². The summed E-state index contributed by atoms with van der Waals surface area (Å²) in [6.07, 6.45) is 0.251. The number of rotatable bonds is 5. The standard InChI is InChI=1S/C22H25IN5OS/c1-6-24-18(29)11-17-21-27-26-14(4)28(21)22-19(12(2)13(3)30-22)20(25-17)15-7-9-16(23-5)10-8-15/h7-10,17H,6,11H2,1-5H3,(H,24,29)/q-1/t17-/m0/s1. The fraction of sp³-hybridized carbons (Fsp3) is 0.364. The third-order valence-electron chi connectivity index (χ3n) is 5.33. The van der Waals surface area contributed by atoms with E-state index >= 15 is 0 Å². The van der Waals surface area contributed by atoms with Crippen molar-refractivity contribution in [1.29, 1.82) is 0 Å². The maximum absolute atomic E-state index is 12.5. The average Bonchev–Trinajstić information content (AvgIpc) is 3.21. The van der Waals surface area contributed by atoms with Gasteiger partial charge in [0.2, 0.25) is 0 Å². The Morgan fingerprint density at radius 1 is 1.20 bits per heavy atom. The van der Waals surface area contributed by atoms with Crippen LogP contribution in [0.5, 0.6) is 0 Å². The van der Waals surface area contributed by atoms with E-state index in [0.717, 1.165) is 33.5 Å². The summed E-state index contributed by atoms with van der Waals surface area (Å²) in [5.41, 5.74) is 4.36. The first-order valence-electron chi connectivity index (χ1n) is 9.91. The SMILES string of the molecule is CCNC(=O)C[C@@H]1N=C(c2ccc([I-]C)cc2)c2c(sc(C)c2C)-n2c(C)nnc21. The van der Waals surface area contributed by atoms with Gasteiger partial charge in [-0.2, -0.15) is 0 Å². The monoisotopic (exact) mass is 534 g/mol. The second kappa shape index (κ2) is 8.58. The number of aliphatic imine (C=N–C) groups is 1. The number of alkyl halides is 1. The van der Waals surface area contributed by atoms with Crippen LogP contribution in [0.1, 0.15) is 52.6 Å². The molecule has 1 atom stereocenters. The van der Waals surface area contributed by atoms with Crippen molar-refractivity contribution in [3.05, 3.63) is 61.1 Å². The number of aryl methyl sites for hydroxylation is 2. The summed E-state index contributed by atoms with van der Waals surface area (Å²) in [5, 5.41) is 12.8. The molecule has 0 unspecified atom stereocenters. The first-order valence-corrected chi connectivity index (χ1v) is 14.0. The number of amides is 1. The van der Waals surface area contributed by atoms with E-state index in [1.165, 1.54) is 14.0 Å². The third kappa shape index (κ3) is 3.71. The average molecular weight is 534 g/mol. The Balaban J connectivity index is 1.94. The van der Waals surface area contributed by atoms with E-state index in [9.17, 15) is 4.79 Å². The number of hydrogen-bond acceptors (Lipinski definition) is 5. The minimum absolute atomic E-state index is 0.0259. The van der Waals surface area contributed by atoms with Gasteiger partial charge in [-0.05, 0) is 0 Å². The summed E-state index contributed by atoms with van der Waals surface area (Å²) in [6, 6.07) is 8.35. The Labute approximate surface area is 191 Å². The van der Waals surface area contributed by atoms with Crippen LogP contribution < -0.4 is 26.5 Å². The molecule has 6 nitrogen and oxygen atoms in total. The molecular formula is C22H25IN5OS-. The van der Waals surface area contributed by atoms with Crippen molar-refractivity contribution in [2.24, 2.45) is 4.99 Å². The topological polar surface area (TPSA) is 72.2 Å². The van der Waals surface area contributed by atoms with Crippen LogP contribution in [-0.2, 0) is 4.79 Å². The molecule has 1 amide bonds. The molecule has 0 saturated carbocycles. The van der Waals surface area contributed by atoms with Crippen molar-refractivity contribution < 1.29 is 26.0 Å². The van der Waals surface area contributed by atoms with Gasteiger partial charge in [0.1, 0.15) is 0 Å². The fourth-order valence-corrected chi connectivity index (χ4v) is 6.00. The van der Waals surface area contributed by atoms with E-state index in [1.807, 2.05) is 13.8 Å². The molecule has 1 N–H and O–H groups in total. The van der Waals surface area contributed by atoms with Gasteiger partial charge in [0.05, 0.1) is 0 Å². The maximum atomic E-state index is 12.5. The van der Waals surface area contributed by atoms with Crippen molar-refractivity contribution in [2.75, 3.05) is 11.5 Å². The van der Waals surface area contributed by atoms with Gasteiger partial charge < -0.3 is 0 Å². The van der Waals surface area contributed by atoms with E-state index in [-0.39, 0.29) is 39.6 Å². The molecule has 0 aliphatic carbocycles. The molecule has 1 aliphatic rings. The Hall–Kier alpha value is -2.07. The van der Waals surface area contributed by atoms with Gasteiger partial charge in [-0.3, -0.25) is 0 Å². The number of halogens is 1. The van der Waals surface area contributed by atoms with Crippen molar-refractivity contribution in [3.63, 3.8) is 0 Å². The molecule has 8 heteroatoms. The second-order valence-electron chi connectivity index (χ2n) is 7.25. The molecule has 0 fully saturated rings. The molecule has 30 heavy (non-hydrogen) atoms. The fourth-order valence-electron chi connectivity index (χ4n) is 3.70. The Morgan fingerprint density at radius 3 is 2.60 bits per heavy atom. The zero-order chi connectivity index (χ0) is 21.4. The molecule has 0 radical (unpaired) electrons.